The van der Waals surface area contributed by atoms with E-state index in [4.69, 9.17) is 0 Å². The van der Waals surface area contributed by atoms with E-state index in [-0.39, 0.29) is 5.54 Å². The minimum Gasteiger partial charge on any atom is -0.396 e. The van der Waals surface area contributed by atoms with Crippen LogP contribution in [0.15, 0.2) is 0 Å². The van der Waals surface area contributed by atoms with Crippen LogP contribution in [0.3, 0.4) is 0 Å². The zero-order valence-electron chi connectivity index (χ0n) is 9.13. The van der Waals surface area contributed by atoms with E-state index in [0.29, 0.717) is 6.61 Å². The van der Waals surface area contributed by atoms with Gasteiger partial charge in [0.05, 0.1) is 0 Å². The van der Waals surface area contributed by atoms with Gasteiger partial charge in [-0.2, -0.15) is 0 Å². The third-order valence-corrected chi connectivity index (χ3v) is 4.30. The number of hydrogen-bond donors (Lipinski definition) is 2. The second-order valence-corrected chi connectivity index (χ2v) is 4.75. The second kappa shape index (κ2) is 4.17. The van der Waals surface area contributed by atoms with Gasteiger partial charge in [-0.15, -0.1) is 0 Å². The molecule has 0 radical (unpaired) electrons. The maximum Gasteiger partial charge on any atom is 0.0448 e. The van der Waals surface area contributed by atoms with Gasteiger partial charge in [0.2, 0.25) is 0 Å². The molecule has 3 aliphatic rings. The molecule has 3 heteroatoms. The summed E-state index contributed by atoms with van der Waals surface area (Å²) in [7, 11) is 2.06. The Bertz CT molecular complexity index is 190. The maximum absolute atomic E-state index is 9.18. The van der Waals surface area contributed by atoms with Crippen LogP contribution in [0.5, 0.6) is 0 Å². The third kappa shape index (κ3) is 1.69. The Hall–Kier alpha value is -0.120. The van der Waals surface area contributed by atoms with Gasteiger partial charge < -0.3 is 15.3 Å². The lowest BCUT2D eigenvalue weighted by Crippen LogP contribution is -2.50. The summed E-state index contributed by atoms with van der Waals surface area (Å²) in [5.41, 5.74) is 0.222. The van der Waals surface area contributed by atoms with Gasteiger partial charge in [0.15, 0.2) is 0 Å². The van der Waals surface area contributed by atoms with Crippen LogP contribution in [0.1, 0.15) is 25.7 Å². The topological polar surface area (TPSA) is 35.5 Å². The molecule has 1 atom stereocenters. The molecule has 3 saturated heterocycles. The van der Waals surface area contributed by atoms with Crippen molar-refractivity contribution in [2.75, 3.05) is 33.3 Å². The largest absolute Gasteiger partial charge is 0.396 e. The molecular formula is C11H22N2O. The molecule has 0 saturated carbocycles. The van der Waals surface area contributed by atoms with Crippen molar-refractivity contribution in [3.8, 4) is 0 Å². The monoisotopic (exact) mass is 198 g/mol. The molecule has 2 bridgehead atoms. The van der Waals surface area contributed by atoms with Crippen LogP contribution < -0.4 is 5.32 Å². The van der Waals surface area contributed by atoms with Crippen molar-refractivity contribution in [1.29, 1.82) is 0 Å². The van der Waals surface area contributed by atoms with Crippen LogP contribution in [0.4, 0.5) is 0 Å². The highest BCUT2D eigenvalue weighted by atomic mass is 16.3. The summed E-state index contributed by atoms with van der Waals surface area (Å²) < 4.78 is 0. The van der Waals surface area contributed by atoms with E-state index in [9.17, 15) is 5.11 Å². The molecule has 0 amide bonds. The first kappa shape index (κ1) is 10.4. The lowest BCUT2D eigenvalue weighted by Gasteiger charge is -2.39. The number of hydrogen-bond acceptors (Lipinski definition) is 3. The van der Waals surface area contributed by atoms with Gasteiger partial charge in [0.1, 0.15) is 0 Å². The Morgan fingerprint density at radius 1 is 1.36 bits per heavy atom. The Kier molecular flexibility index (Phi) is 3.10. The molecule has 0 aromatic carbocycles. The average Bonchev–Trinajstić information content (AvgIpc) is 2.50. The van der Waals surface area contributed by atoms with Crippen LogP contribution in [0.25, 0.3) is 0 Å². The standard InChI is InChI=1S/C11H22N2O/c1-12-11(5-9-14)4-8-13-6-2-10(11)3-7-13/h10,12,14H,2-9H2,1H3. The molecule has 2 N–H and O–H groups in total. The molecule has 3 fully saturated rings. The Labute approximate surface area is 86.5 Å². The van der Waals surface area contributed by atoms with Crippen molar-refractivity contribution in [1.82, 2.24) is 10.2 Å². The molecule has 0 spiro atoms. The molecule has 3 rings (SSSR count). The predicted molar refractivity (Wildman–Crippen MR) is 57.3 cm³/mol. The van der Waals surface area contributed by atoms with E-state index in [1.165, 1.54) is 38.9 Å². The fraction of sp³-hybridized carbons (Fsp3) is 1.00. The smallest absolute Gasteiger partial charge is 0.0448 e. The molecule has 0 aliphatic carbocycles. The molecule has 3 heterocycles. The maximum atomic E-state index is 9.18. The van der Waals surface area contributed by atoms with Crippen LogP contribution in [-0.2, 0) is 0 Å². The minimum atomic E-state index is 0.222. The lowest BCUT2D eigenvalue weighted by molar-refractivity contribution is 0.137. The summed E-state index contributed by atoms with van der Waals surface area (Å²) >= 11 is 0. The summed E-state index contributed by atoms with van der Waals surface area (Å²) in [6.07, 6.45) is 4.73. The third-order valence-electron chi connectivity index (χ3n) is 4.30. The predicted octanol–water partition coefficient (Wildman–Crippen LogP) is 0.443. The van der Waals surface area contributed by atoms with Gasteiger partial charge in [0, 0.05) is 12.1 Å². The summed E-state index contributed by atoms with van der Waals surface area (Å²) in [6, 6.07) is 0. The second-order valence-electron chi connectivity index (χ2n) is 4.75. The molecule has 0 aromatic heterocycles. The van der Waals surface area contributed by atoms with Crippen molar-refractivity contribution in [2.45, 2.75) is 31.2 Å². The highest BCUT2D eigenvalue weighted by Gasteiger charge is 2.41. The van der Waals surface area contributed by atoms with Crippen LogP contribution in [-0.4, -0.2) is 48.8 Å². The van der Waals surface area contributed by atoms with Crippen molar-refractivity contribution in [3.05, 3.63) is 0 Å². The SMILES string of the molecule is CNC1(CCO)CCN2CCC1CC2. The lowest BCUT2D eigenvalue weighted by atomic mass is 9.76. The van der Waals surface area contributed by atoms with Crippen molar-refractivity contribution < 1.29 is 5.11 Å². The number of nitrogens with one attached hydrogen (secondary N) is 1. The molecule has 14 heavy (non-hydrogen) atoms. The normalized spacial score (nSPS) is 42.4. The van der Waals surface area contributed by atoms with E-state index in [1.54, 1.807) is 0 Å². The highest BCUT2D eigenvalue weighted by molar-refractivity contribution is 4.99. The number of piperidine rings is 1. The Morgan fingerprint density at radius 2 is 2.07 bits per heavy atom. The average molecular weight is 198 g/mol. The number of aliphatic hydroxyl groups is 1. The number of fused-ring (bicyclic) bond motifs is 4. The van der Waals surface area contributed by atoms with Crippen molar-refractivity contribution in [3.63, 3.8) is 0 Å². The summed E-state index contributed by atoms with van der Waals surface area (Å²) in [5, 5.41) is 12.7. The Morgan fingerprint density at radius 3 is 2.64 bits per heavy atom. The van der Waals surface area contributed by atoms with Crippen LogP contribution in [0, 0.1) is 5.92 Å². The quantitative estimate of drug-likeness (QED) is 0.691. The molecule has 1 unspecified atom stereocenters. The summed E-state index contributed by atoms with van der Waals surface area (Å²) in [5.74, 6) is 0.776. The first-order valence-corrected chi connectivity index (χ1v) is 5.83. The zero-order valence-corrected chi connectivity index (χ0v) is 9.13. The van der Waals surface area contributed by atoms with Crippen molar-refractivity contribution >= 4 is 0 Å². The number of nitrogens with zero attached hydrogens (tertiary/aromatic N) is 1. The first-order chi connectivity index (χ1) is 6.80. The van der Waals surface area contributed by atoms with Gasteiger partial charge in [-0.05, 0) is 58.3 Å². The molecule has 3 aliphatic heterocycles. The zero-order chi connectivity index (χ0) is 10.0. The molecule has 0 aromatic rings. The van der Waals surface area contributed by atoms with Gasteiger partial charge >= 0.3 is 0 Å². The van der Waals surface area contributed by atoms with E-state index in [1.807, 2.05) is 0 Å². The summed E-state index contributed by atoms with van der Waals surface area (Å²) in [4.78, 5) is 2.56. The fourth-order valence-corrected chi connectivity index (χ4v) is 3.25. The van der Waals surface area contributed by atoms with E-state index in [2.05, 4.69) is 17.3 Å². The van der Waals surface area contributed by atoms with E-state index >= 15 is 0 Å². The number of aliphatic hydroxyl groups excluding tert-OH is 1. The van der Waals surface area contributed by atoms with Crippen LogP contribution in [0.2, 0.25) is 0 Å². The van der Waals surface area contributed by atoms with E-state index < -0.39 is 0 Å². The molecular weight excluding hydrogens is 176 g/mol. The molecule has 82 valence electrons. The van der Waals surface area contributed by atoms with Gasteiger partial charge in [-0.1, -0.05) is 0 Å². The number of rotatable bonds is 3. The summed E-state index contributed by atoms with van der Waals surface area (Å²) in [6.45, 7) is 4.05. The fourth-order valence-electron chi connectivity index (χ4n) is 3.25. The van der Waals surface area contributed by atoms with Gasteiger partial charge in [-0.25, -0.2) is 0 Å². The van der Waals surface area contributed by atoms with Gasteiger partial charge in [-0.3, -0.25) is 0 Å². The van der Waals surface area contributed by atoms with Gasteiger partial charge in [0.25, 0.3) is 0 Å². The first-order valence-electron chi connectivity index (χ1n) is 5.83. The highest BCUT2D eigenvalue weighted by Crippen LogP contribution is 2.37. The van der Waals surface area contributed by atoms with Crippen molar-refractivity contribution in [2.24, 2.45) is 5.92 Å². The molecule has 3 nitrogen and oxygen atoms in total. The Balaban J connectivity index is 2.14. The van der Waals surface area contributed by atoms with Crippen LogP contribution >= 0.6 is 0 Å². The minimum absolute atomic E-state index is 0.222. The van der Waals surface area contributed by atoms with E-state index in [0.717, 1.165) is 12.3 Å².